The third-order valence-electron chi connectivity index (χ3n) is 3.85. The average Bonchev–Trinajstić information content (AvgIpc) is 2.32. The topological polar surface area (TPSA) is 46.3 Å². The molecule has 0 spiro atoms. The van der Waals surface area contributed by atoms with Crippen LogP contribution in [-0.4, -0.2) is 24.4 Å². The highest BCUT2D eigenvalue weighted by Gasteiger charge is 2.21. The number of aryl methyl sites for hydroxylation is 1. The van der Waals surface area contributed by atoms with Crippen LogP contribution < -0.4 is 5.73 Å². The smallest absolute Gasteiger partial charge is 0.222 e. The molecule has 1 aromatic rings. The lowest BCUT2D eigenvalue weighted by atomic mass is 9.85. The molecule has 2 rings (SSSR count). The van der Waals surface area contributed by atoms with Crippen molar-refractivity contribution in [1.82, 2.24) is 4.90 Å². The number of anilines is 1. The Morgan fingerprint density at radius 3 is 2.63 bits per heavy atom. The van der Waals surface area contributed by atoms with Crippen molar-refractivity contribution in [3.63, 3.8) is 0 Å². The van der Waals surface area contributed by atoms with E-state index >= 15 is 0 Å². The molecule has 0 radical (unpaired) electrons. The second kappa shape index (κ2) is 7.39. The second-order valence-corrected chi connectivity index (χ2v) is 5.27. The molecule has 0 aliphatic heterocycles. The number of hydrogen-bond donors (Lipinski definition) is 1. The number of nitrogen functional groups attached to an aromatic ring is 1. The first kappa shape index (κ1) is 15.8. The summed E-state index contributed by atoms with van der Waals surface area (Å²) in [6.07, 6.45) is 5.18. The van der Waals surface area contributed by atoms with E-state index in [1.165, 1.54) is 19.3 Å². The van der Waals surface area contributed by atoms with Gasteiger partial charge in [0.1, 0.15) is 0 Å². The van der Waals surface area contributed by atoms with Crippen LogP contribution in [0.5, 0.6) is 0 Å². The van der Waals surface area contributed by atoms with Crippen LogP contribution in [0, 0.1) is 5.92 Å². The summed E-state index contributed by atoms with van der Waals surface area (Å²) in [6.45, 7) is 0.920. The van der Waals surface area contributed by atoms with Gasteiger partial charge in [-0.05, 0) is 36.8 Å². The fraction of sp³-hybridized carbons (Fsp3) is 0.533. The summed E-state index contributed by atoms with van der Waals surface area (Å²) in [7, 11) is 1.91. The van der Waals surface area contributed by atoms with Crippen LogP contribution in [0.4, 0.5) is 5.69 Å². The lowest BCUT2D eigenvalue weighted by Crippen LogP contribution is -2.34. The Morgan fingerprint density at radius 1 is 1.37 bits per heavy atom. The summed E-state index contributed by atoms with van der Waals surface area (Å²) in [5, 5.41) is 0. The molecular weight excluding hydrogens is 260 g/mol. The molecule has 106 valence electrons. The molecule has 1 amide bonds. The fourth-order valence-electron chi connectivity index (χ4n) is 2.36. The first-order valence-corrected chi connectivity index (χ1v) is 6.74. The second-order valence-electron chi connectivity index (χ2n) is 5.27. The SMILES string of the molecule is CN(CC1CCC1)C(=O)CCc1ccccc1N.Cl. The van der Waals surface area contributed by atoms with Crippen molar-refractivity contribution >= 4 is 24.0 Å². The summed E-state index contributed by atoms with van der Waals surface area (Å²) in [5.74, 6) is 0.964. The van der Waals surface area contributed by atoms with Crippen LogP contribution in [0.2, 0.25) is 0 Å². The molecule has 0 unspecified atom stereocenters. The first-order chi connectivity index (χ1) is 8.66. The summed E-state index contributed by atoms with van der Waals surface area (Å²) in [6, 6.07) is 7.77. The third kappa shape index (κ3) is 4.43. The van der Waals surface area contributed by atoms with Crippen LogP contribution in [0.1, 0.15) is 31.2 Å². The van der Waals surface area contributed by atoms with Gasteiger partial charge in [0.05, 0.1) is 0 Å². The zero-order valence-corrected chi connectivity index (χ0v) is 12.3. The monoisotopic (exact) mass is 282 g/mol. The van der Waals surface area contributed by atoms with E-state index in [4.69, 9.17) is 5.73 Å². The van der Waals surface area contributed by atoms with Crippen molar-refractivity contribution in [3.05, 3.63) is 29.8 Å². The molecular formula is C15H23ClN2O. The van der Waals surface area contributed by atoms with Crippen molar-refractivity contribution in [1.29, 1.82) is 0 Å². The molecule has 1 aliphatic rings. The highest BCUT2D eigenvalue weighted by Crippen LogP contribution is 2.26. The van der Waals surface area contributed by atoms with E-state index in [9.17, 15) is 4.79 Å². The molecule has 0 heterocycles. The Bertz CT molecular complexity index is 418. The van der Waals surface area contributed by atoms with Crippen molar-refractivity contribution in [2.75, 3.05) is 19.3 Å². The highest BCUT2D eigenvalue weighted by atomic mass is 35.5. The number of para-hydroxylation sites is 1. The van der Waals surface area contributed by atoms with Crippen molar-refractivity contribution in [3.8, 4) is 0 Å². The maximum absolute atomic E-state index is 12.0. The highest BCUT2D eigenvalue weighted by molar-refractivity contribution is 5.85. The standard InChI is InChI=1S/C15H22N2O.ClH/c1-17(11-12-5-4-6-12)15(18)10-9-13-7-2-3-8-14(13)16;/h2-3,7-8,12H,4-6,9-11,16H2,1H3;1H. The van der Waals surface area contributed by atoms with E-state index < -0.39 is 0 Å². The fourth-order valence-corrected chi connectivity index (χ4v) is 2.36. The van der Waals surface area contributed by atoms with E-state index in [1.807, 2.05) is 36.2 Å². The Balaban J connectivity index is 0.00000180. The molecule has 0 aromatic heterocycles. The van der Waals surface area contributed by atoms with Gasteiger partial charge in [-0.2, -0.15) is 0 Å². The van der Waals surface area contributed by atoms with Gasteiger partial charge < -0.3 is 10.6 Å². The molecule has 1 saturated carbocycles. The minimum Gasteiger partial charge on any atom is -0.399 e. The maximum Gasteiger partial charge on any atom is 0.222 e. The van der Waals surface area contributed by atoms with Gasteiger partial charge in [-0.3, -0.25) is 4.79 Å². The Morgan fingerprint density at radius 2 is 2.05 bits per heavy atom. The number of nitrogens with zero attached hydrogens (tertiary/aromatic N) is 1. The van der Waals surface area contributed by atoms with Crippen molar-refractivity contribution in [2.45, 2.75) is 32.1 Å². The number of amides is 1. The molecule has 0 saturated heterocycles. The van der Waals surface area contributed by atoms with Gasteiger partial charge in [-0.25, -0.2) is 0 Å². The van der Waals surface area contributed by atoms with Crippen LogP contribution in [0.15, 0.2) is 24.3 Å². The van der Waals surface area contributed by atoms with E-state index in [0.717, 1.165) is 30.1 Å². The van der Waals surface area contributed by atoms with Gasteiger partial charge in [0, 0.05) is 25.7 Å². The lowest BCUT2D eigenvalue weighted by molar-refractivity contribution is -0.130. The summed E-state index contributed by atoms with van der Waals surface area (Å²) in [5.41, 5.74) is 7.73. The van der Waals surface area contributed by atoms with Gasteiger partial charge in [-0.15, -0.1) is 12.4 Å². The number of carbonyl (C=O) groups is 1. The molecule has 0 bridgehead atoms. The summed E-state index contributed by atoms with van der Waals surface area (Å²) in [4.78, 5) is 13.9. The Labute approximate surface area is 121 Å². The molecule has 1 fully saturated rings. The van der Waals surface area contributed by atoms with Crippen molar-refractivity contribution < 1.29 is 4.79 Å². The zero-order chi connectivity index (χ0) is 13.0. The molecule has 3 nitrogen and oxygen atoms in total. The maximum atomic E-state index is 12.0. The normalized spacial score (nSPS) is 14.4. The van der Waals surface area contributed by atoms with E-state index in [-0.39, 0.29) is 18.3 Å². The van der Waals surface area contributed by atoms with Gasteiger partial charge >= 0.3 is 0 Å². The molecule has 19 heavy (non-hydrogen) atoms. The molecule has 1 aromatic carbocycles. The number of benzene rings is 1. The number of halogens is 1. The lowest BCUT2D eigenvalue weighted by Gasteiger charge is -2.30. The van der Waals surface area contributed by atoms with E-state index in [2.05, 4.69) is 0 Å². The van der Waals surface area contributed by atoms with Gasteiger partial charge in [0.2, 0.25) is 5.91 Å². The quantitative estimate of drug-likeness (QED) is 0.844. The number of hydrogen-bond acceptors (Lipinski definition) is 2. The zero-order valence-electron chi connectivity index (χ0n) is 11.5. The average molecular weight is 283 g/mol. The van der Waals surface area contributed by atoms with Gasteiger partial charge in [-0.1, -0.05) is 24.6 Å². The summed E-state index contributed by atoms with van der Waals surface area (Å²) < 4.78 is 0. The molecule has 2 N–H and O–H groups in total. The number of carbonyl (C=O) groups excluding carboxylic acids is 1. The minimum atomic E-state index is 0. The third-order valence-corrected chi connectivity index (χ3v) is 3.85. The Hall–Kier alpha value is -1.22. The van der Waals surface area contributed by atoms with Crippen LogP contribution in [0.25, 0.3) is 0 Å². The van der Waals surface area contributed by atoms with Gasteiger partial charge in [0.15, 0.2) is 0 Å². The number of rotatable bonds is 5. The van der Waals surface area contributed by atoms with Crippen LogP contribution in [0.3, 0.4) is 0 Å². The predicted molar refractivity (Wildman–Crippen MR) is 81.4 cm³/mol. The van der Waals surface area contributed by atoms with Crippen molar-refractivity contribution in [2.24, 2.45) is 5.92 Å². The van der Waals surface area contributed by atoms with Gasteiger partial charge in [0.25, 0.3) is 0 Å². The van der Waals surface area contributed by atoms with Crippen LogP contribution >= 0.6 is 12.4 Å². The van der Waals surface area contributed by atoms with Crippen LogP contribution in [-0.2, 0) is 11.2 Å². The molecule has 0 atom stereocenters. The van der Waals surface area contributed by atoms with E-state index in [1.54, 1.807) is 0 Å². The van der Waals surface area contributed by atoms with E-state index in [0.29, 0.717) is 6.42 Å². The largest absolute Gasteiger partial charge is 0.399 e. The first-order valence-electron chi connectivity index (χ1n) is 6.74. The Kier molecular flexibility index (Phi) is 6.16. The predicted octanol–water partition coefficient (Wildman–Crippen LogP) is 2.88. The number of nitrogens with two attached hydrogens (primary N) is 1. The summed E-state index contributed by atoms with van der Waals surface area (Å²) >= 11 is 0. The minimum absolute atomic E-state index is 0. The molecule has 1 aliphatic carbocycles. The molecule has 4 heteroatoms.